The Hall–Kier alpha value is -1.82. The second-order valence-electron chi connectivity index (χ2n) is 4.17. The molecule has 5 nitrogen and oxygen atoms in total. The van der Waals surface area contributed by atoms with E-state index >= 15 is 0 Å². The topological polar surface area (TPSA) is 71.7 Å². The third kappa shape index (κ3) is 3.35. The summed E-state index contributed by atoms with van der Waals surface area (Å²) in [6.45, 7) is 1.91. The predicted molar refractivity (Wildman–Crippen MR) is 74.6 cm³/mol. The minimum Gasteiger partial charge on any atom is -0.481 e. The monoisotopic (exact) mass is 278 g/mol. The highest BCUT2D eigenvalue weighted by molar-refractivity contribution is 7.98. The van der Waals surface area contributed by atoms with E-state index < -0.39 is 5.97 Å². The molecule has 2 heterocycles. The second-order valence-corrected chi connectivity index (χ2v) is 5.27. The Morgan fingerprint density at radius 2 is 2.32 bits per heavy atom. The highest BCUT2D eigenvalue weighted by Gasteiger charge is 2.05. The molecule has 19 heavy (non-hydrogen) atoms. The van der Waals surface area contributed by atoms with E-state index in [1.54, 1.807) is 6.20 Å². The van der Waals surface area contributed by atoms with Crippen LogP contribution in [0.4, 0.5) is 0 Å². The van der Waals surface area contributed by atoms with Gasteiger partial charge in [0.2, 0.25) is 0 Å². The summed E-state index contributed by atoms with van der Waals surface area (Å²) in [4.78, 5) is 26.8. The SMILES string of the molecule is Cc1cccn2c(=O)cc(CSCCC(=O)O)nc12. The largest absolute Gasteiger partial charge is 0.481 e. The fraction of sp³-hybridized carbons (Fsp3) is 0.308. The number of carboxylic acid groups (broad SMARTS) is 1. The maximum Gasteiger partial charge on any atom is 0.304 e. The zero-order chi connectivity index (χ0) is 13.8. The van der Waals surface area contributed by atoms with Crippen LogP contribution in [0.3, 0.4) is 0 Å². The Bertz CT molecular complexity index is 666. The number of nitrogens with zero attached hydrogens (tertiary/aromatic N) is 2. The van der Waals surface area contributed by atoms with Crippen molar-refractivity contribution >= 4 is 23.4 Å². The molecule has 0 radical (unpaired) electrons. The van der Waals surface area contributed by atoms with Crippen molar-refractivity contribution in [1.82, 2.24) is 9.38 Å². The molecule has 0 bridgehead atoms. The number of aliphatic carboxylic acids is 1. The molecule has 0 fully saturated rings. The van der Waals surface area contributed by atoms with Gasteiger partial charge in [-0.1, -0.05) is 6.07 Å². The minimum atomic E-state index is -0.810. The van der Waals surface area contributed by atoms with Crippen LogP contribution in [-0.4, -0.2) is 26.2 Å². The summed E-state index contributed by atoms with van der Waals surface area (Å²) in [6.07, 6.45) is 1.81. The third-order valence-electron chi connectivity index (χ3n) is 2.65. The molecular formula is C13H14N2O3S. The van der Waals surface area contributed by atoms with E-state index in [2.05, 4.69) is 4.98 Å². The van der Waals surface area contributed by atoms with Crippen molar-refractivity contribution in [3.8, 4) is 0 Å². The Morgan fingerprint density at radius 3 is 3.05 bits per heavy atom. The van der Waals surface area contributed by atoms with Gasteiger partial charge in [-0.05, 0) is 18.6 Å². The lowest BCUT2D eigenvalue weighted by molar-refractivity contribution is -0.136. The van der Waals surface area contributed by atoms with Crippen LogP contribution in [0.15, 0.2) is 29.2 Å². The van der Waals surface area contributed by atoms with Crippen molar-refractivity contribution < 1.29 is 9.90 Å². The minimum absolute atomic E-state index is 0.109. The van der Waals surface area contributed by atoms with Crippen LogP contribution in [0.1, 0.15) is 17.7 Å². The predicted octanol–water partition coefficient (Wildman–Crippen LogP) is 1.71. The molecule has 2 rings (SSSR count). The number of hydrogen-bond acceptors (Lipinski definition) is 4. The number of thioether (sulfide) groups is 1. The summed E-state index contributed by atoms with van der Waals surface area (Å²) in [5, 5.41) is 8.55. The third-order valence-corrected chi connectivity index (χ3v) is 3.64. The molecule has 0 aliphatic rings. The van der Waals surface area contributed by atoms with Gasteiger partial charge in [0.05, 0.1) is 12.1 Å². The van der Waals surface area contributed by atoms with Gasteiger partial charge in [0.25, 0.3) is 5.56 Å². The summed E-state index contributed by atoms with van der Waals surface area (Å²) in [7, 11) is 0. The summed E-state index contributed by atoms with van der Waals surface area (Å²) in [5.41, 5.74) is 2.18. The van der Waals surface area contributed by atoms with E-state index in [4.69, 9.17) is 5.11 Å². The fourth-order valence-electron chi connectivity index (χ4n) is 1.72. The van der Waals surface area contributed by atoms with E-state index in [1.165, 1.54) is 22.2 Å². The van der Waals surface area contributed by atoms with Gasteiger partial charge in [-0.2, -0.15) is 11.8 Å². The van der Waals surface area contributed by atoms with Crippen molar-refractivity contribution in [2.75, 3.05) is 5.75 Å². The fourth-order valence-corrected chi connectivity index (χ4v) is 2.54. The molecule has 0 saturated heterocycles. The highest BCUT2D eigenvalue weighted by atomic mass is 32.2. The van der Waals surface area contributed by atoms with Crippen LogP contribution in [0.25, 0.3) is 5.65 Å². The lowest BCUT2D eigenvalue weighted by atomic mass is 10.3. The average molecular weight is 278 g/mol. The van der Waals surface area contributed by atoms with Gasteiger partial charge in [-0.15, -0.1) is 0 Å². The molecule has 0 saturated carbocycles. The van der Waals surface area contributed by atoms with Crippen LogP contribution in [0, 0.1) is 6.92 Å². The standard InChI is InChI=1S/C13H14N2O3S/c1-9-3-2-5-15-11(16)7-10(14-13(9)15)8-19-6-4-12(17)18/h2-3,5,7H,4,6,8H2,1H3,(H,17,18). The van der Waals surface area contributed by atoms with E-state index in [1.807, 2.05) is 19.1 Å². The van der Waals surface area contributed by atoms with E-state index in [0.717, 1.165) is 5.56 Å². The van der Waals surface area contributed by atoms with Crippen molar-refractivity contribution in [2.24, 2.45) is 0 Å². The van der Waals surface area contributed by atoms with Crippen LogP contribution >= 0.6 is 11.8 Å². The first-order valence-corrected chi connectivity index (χ1v) is 7.01. The Balaban J connectivity index is 2.19. The van der Waals surface area contributed by atoms with Gasteiger partial charge < -0.3 is 5.11 Å². The van der Waals surface area contributed by atoms with Crippen molar-refractivity contribution in [1.29, 1.82) is 0 Å². The molecule has 1 N–H and O–H groups in total. The van der Waals surface area contributed by atoms with Gasteiger partial charge in [-0.3, -0.25) is 14.0 Å². The van der Waals surface area contributed by atoms with Crippen molar-refractivity contribution in [3.63, 3.8) is 0 Å². The lowest BCUT2D eigenvalue weighted by Crippen LogP contribution is -2.15. The number of pyridine rings is 1. The van der Waals surface area contributed by atoms with Gasteiger partial charge in [-0.25, -0.2) is 4.98 Å². The summed E-state index contributed by atoms with van der Waals surface area (Å²) in [6, 6.07) is 5.22. The number of carbonyl (C=O) groups is 1. The van der Waals surface area contributed by atoms with Crippen LogP contribution in [-0.2, 0) is 10.5 Å². The van der Waals surface area contributed by atoms with Crippen molar-refractivity contribution in [2.45, 2.75) is 19.1 Å². The van der Waals surface area contributed by atoms with E-state index in [0.29, 0.717) is 22.8 Å². The van der Waals surface area contributed by atoms with Crippen LogP contribution in [0.2, 0.25) is 0 Å². The molecule has 0 aliphatic carbocycles. The quantitative estimate of drug-likeness (QED) is 0.843. The van der Waals surface area contributed by atoms with E-state index in [-0.39, 0.29) is 12.0 Å². The molecule has 0 amide bonds. The summed E-state index contributed by atoms with van der Waals surface area (Å²) >= 11 is 1.47. The number of aryl methyl sites for hydroxylation is 1. The van der Waals surface area contributed by atoms with Gasteiger partial charge in [0, 0.05) is 23.8 Å². The first kappa shape index (κ1) is 13.6. The van der Waals surface area contributed by atoms with Crippen molar-refractivity contribution in [3.05, 3.63) is 46.0 Å². The number of carboxylic acids is 1. The molecule has 0 aromatic carbocycles. The van der Waals surface area contributed by atoms with E-state index in [9.17, 15) is 9.59 Å². The number of aromatic nitrogens is 2. The average Bonchev–Trinajstić information content (AvgIpc) is 2.36. The molecule has 0 atom stereocenters. The molecule has 6 heteroatoms. The molecule has 0 aliphatic heterocycles. The molecule has 0 spiro atoms. The number of fused-ring (bicyclic) bond motifs is 1. The number of hydrogen-bond donors (Lipinski definition) is 1. The molecule has 2 aromatic rings. The Kier molecular flexibility index (Phi) is 4.21. The smallest absolute Gasteiger partial charge is 0.304 e. The first-order chi connectivity index (χ1) is 9.08. The van der Waals surface area contributed by atoms with Gasteiger partial charge in [0.1, 0.15) is 5.65 Å². The maximum atomic E-state index is 11.9. The molecular weight excluding hydrogens is 264 g/mol. The summed E-state index contributed by atoms with van der Waals surface area (Å²) < 4.78 is 1.51. The lowest BCUT2D eigenvalue weighted by Gasteiger charge is -2.05. The zero-order valence-electron chi connectivity index (χ0n) is 10.5. The maximum absolute atomic E-state index is 11.9. The normalized spacial score (nSPS) is 10.8. The molecule has 100 valence electrons. The number of rotatable bonds is 5. The zero-order valence-corrected chi connectivity index (χ0v) is 11.3. The van der Waals surface area contributed by atoms with Gasteiger partial charge in [0.15, 0.2) is 0 Å². The highest BCUT2D eigenvalue weighted by Crippen LogP contribution is 2.12. The molecule has 2 aromatic heterocycles. The second kappa shape index (κ2) is 5.88. The van der Waals surface area contributed by atoms with Gasteiger partial charge >= 0.3 is 5.97 Å². The van der Waals surface area contributed by atoms with Crippen LogP contribution < -0.4 is 5.56 Å². The Labute approximate surface area is 114 Å². The summed E-state index contributed by atoms with van der Waals surface area (Å²) in [5.74, 6) is 0.257. The Morgan fingerprint density at radius 1 is 1.53 bits per heavy atom. The van der Waals surface area contributed by atoms with Crippen LogP contribution in [0.5, 0.6) is 0 Å². The molecule has 0 unspecified atom stereocenters. The first-order valence-electron chi connectivity index (χ1n) is 5.85.